The highest BCUT2D eigenvalue weighted by Crippen LogP contribution is 2.50. The third kappa shape index (κ3) is 2.75. The molecule has 0 saturated heterocycles. The molecule has 1 saturated carbocycles. The van der Waals surface area contributed by atoms with Crippen LogP contribution in [0.25, 0.3) is 0 Å². The number of nitrogens with two attached hydrogens (primary N) is 1. The lowest BCUT2D eigenvalue weighted by molar-refractivity contribution is 0.201. The van der Waals surface area contributed by atoms with E-state index in [2.05, 4.69) is 22.0 Å². The van der Waals surface area contributed by atoms with E-state index in [1.54, 1.807) is 7.11 Å². The summed E-state index contributed by atoms with van der Waals surface area (Å²) in [5.74, 6) is 1.63. The normalized spacial score (nSPS) is 17.2. The number of rotatable bonds is 5. The van der Waals surface area contributed by atoms with Crippen molar-refractivity contribution in [1.82, 2.24) is 0 Å². The smallest absolute Gasteiger partial charge is 0.165 e. The topological polar surface area (TPSA) is 44.5 Å². The van der Waals surface area contributed by atoms with Crippen molar-refractivity contribution in [2.45, 2.75) is 44.6 Å². The Morgan fingerprint density at radius 1 is 1.37 bits per heavy atom. The molecule has 1 aromatic carbocycles. The summed E-state index contributed by atoms with van der Waals surface area (Å²) in [6, 6.07) is 4.08. The van der Waals surface area contributed by atoms with Crippen molar-refractivity contribution in [2.75, 3.05) is 13.7 Å². The van der Waals surface area contributed by atoms with Crippen molar-refractivity contribution in [3.05, 3.63) is 22.2 Å². The van der Waals surface area contributed by atoms with E-state index in [1.165, 1.54) is 12.0 Å². The lowest BCUT2D eigenvalue weighted by atomic mass is 9.64. The van der Waals surface area contributed by atoms with E-state index in [9.17, 15) is 0 Å². The first-order valence-corrected chi connectivity index (χ1v) is 7.56. The second-order valence-electron chi connectivity index (χ2n) is 5.49. The lowest BCUT2D eigenvalue weighted by Crippen LogP contribution is -2.42. The summed E-state index contributed by atoms with van der Waals surface area (Å²) >= 11 is 3.55. The van der Waals surface area contributed by atoms with Gasteiger partial charge in [0.2, 0.25) is 0 Å². The summed E-state index contributed by atoms with van der Waals surface area (Å²) in [6.07, 6.45) is 3.59. The van der Waals surface area contributed by atoms with Gasteiger partial charge < -0.3 is 15.2 Å². The summed E-state index contributed by atoms with van der Waals surface area (Å²) in [5.41, 5.74) is 7.27. The molecule has 0 unspecified atom stereocenters. The molecule has 0 amide bonds. The molecule has 0 radical (unpaired) electrons. The number of methoxy groups -OCH3 is 1. The first-order valence-electron chi connectivity index (χ1n) is 6.77. The predicted octanol–water partition coefficient (Wildman–Crippen LogP) is 3.63. The molecule has 19 heavy (non-hydrogen) atoms. The summed E-state index contributed by atoms with van der Waals surface area (Å²) in [4.78, 5) is 0. The molecular formula is C15H22BrNO2. The molecule has 2 N–H and O–H groups in total. The van der Waals surface area contributed by atoms with Gasteiger partial charge in [0.05, 0.1) is 13.2 Å². The summed E-state index contributed by atoms with van der Waals surface area (Å²) in [5, 5.41) is 0. The predicted molar refractivity (Wildman–Crippen MR) is 81.0 cm³/mol. The standard InChI is InChI=1S/C15H22BrNO2/c1-10(2)19-14-12(15(9-17)5-4-6-15)7-11(16)8-13(14)18-3/h7-8,10H,4-6,9,17H2,1-3H3. The van der Waals surface area contributed by atoms with Crippen LogP contribution in [0.15, 0.2) is 16.6 Å². The Kier molecular flexibility index (Phi) is 4.41. The molecular weight excluding hydrogens is 306 g/mol. The fourth-order valence-corrected chi connectivity index (χ4v) is 3.10. The maximum Gasteiger partial charge on any atom is 0.165 e. The van der Waals surface area contributed by atoms with E-state index >= 15 is 0 Å². The molecule has 1 fully saturated rings. The second kappa shape index (κ2) is 5.71. The lowest BCUT2D eigenvalue weighted by Gasteiger charge is -2.42. The Bertz CT molecular complexity index is 450. The van der Waals surface area contributed by atoms with Crippen molar-refractivity contribution in [3.8, 4) is 11.5 Å². The van der Waals surface area contributed by atoms with Gasteiger partial charge in [0, 0.05) is 22.0 Å². The second-order valence-corrected chi connectivity index (χ2v) is 6.41. The highest BCUT2D eigenvalue weighted by atomic mass is 79.9. The van der Waals surface area contributed by atoms with Gasteiger partial charge in [-0.25, -0.2) is 0 Å². The van der Waals surface area contributed by atoms with Crippen LogP contribution in [-0.4, -0.2) is 19.8 Å². The molecule has 0 spiro atoms. The van der Waals surface area contributed by atoms with Gasteiger partial charge in [0.1, 0.15) is 0 Å². The fraction of sp³-hybridized carbons (Fsp3) is 0.600. The summed E-state index contributed by atoms with van der Waals surface area (Å²) in [6.45, 7) is 4.71. The Morgan fingerprint density at radius 2 is 2.05 bits per heavy atom. The van der Waals surface area contributed by atoms with E-state index in [1.807, 2.05) is 19.9 Å². The molecule has 0 heterocycles. The number of halogens is 1. The van der Waals surface area contributed by atoms with Gasteiger partial charge in [-0.05, 0) is 38.8 Å². The van der Waals surface area contributed by atoms with Gasteiger partial charge in [-0.2, -0.15) is 0 Å². The Morgan fingerprint density at radius 3 is 2.47 bits per heavy atom. The van der Waals surface area contributed by atoms with Gasteiger partial charge in [-0.15, -0.1) is 0 Å². The van der Waals surface area contributed by atoms with Crippen LogP contribution >= 0.6 is 15.9 Å². The molecule has 0 aromatic heterocycles. The van der Waals surface area contributed by atoms with Crippen LogP contribution in [0.3, 0.4) is 0 Å². The van der Waals surface area contributed by atoms with Gasteiger partial charge in [-0.1, -0.05) is 22.4 Å². The van der Waals surface area contributed by atoms with Gasteiger partial charge in [-0.3, -0.25) is 0 Å². The van der Waals surface area contributed by atoms with Crippen molar-refractivity contribution in [3.63, 3.8) is 0 Å². The van der Waals surface area contributed by atoms with E-state index < -0.39 is 0 Å². The van der Waals surface area contributed by atoms with Crippen LogP contribution in [0, 0.1) is 0 Å². The summed E-state index contributed by atoms with van der Waals surface area (Å²) < 4.78 is 12.5. The largest absolute Gasteiger partial charge is 0.493 e. The highest BCUT2D eigenvalue weighted by molar-refractivity contribution is 9.10. The van der Waals surface area contributed by atoms with Crippen LogP contribution in [0.1, 0.15) is 38.7 Å². The molecule has 0 aliphatic heterocycles. The number of hydrogen-bond donors (Lipinski definition) is 1. The minimum Gasteiger partial charge on any atom is -0.493 e. The Balaban J connectivity index is 2.53. The van der Waals surface area contributed by atoms with Crippen LogP contribution < -0.4 is 15.2 Å². The average molecular weight is 328 g/mol. The zero-order chi connectivity index (χ0) is 14.0. The summed E-state index contributed by atoms with van der Waals surface area (Å²) in [7, 11) is 1.68. The zero-order valence-electron chi connectivity index (χ0n) is 11.8. The van der Waals surface area contributed by atoms with E-state index in [0.717, 1.165) is 28.8 Å². The van der Waals surface area contributed by atoms with Crippen molar-refractivity contribution in [1.29, 1.82) is 0 Å². The van der Waals surface area contributed by atoms with Crippen LogP contribution in [0.5, 0.6) is 11.5 Å². The Hall–Kier alpha value is -0.740. The minimum atomic E-state index is 0.0568. The third-order valence-electron chi connectivity index (χ3n) is 3.87. The van der Waals surface area contributed by atoms with E-state index in [0.29, 0.717) is 6.54 Å². The van der Waals surface area contributed by atoms with Crippen LogP contribution in [0.4, 0.5) is 0 Å². The first kappa shape index (κ1) is 14.7. The van der Waals surface area contributed by atoms with Gasteiger partial charge in [0.15, 0.2) is 11.5 Å². The van der Waals surface area contributed by atoms with Gasteiger partial charge in [0.25, 0.3) is 0 Å². The Labute approximate surface area is 123 Å². The minimum absolute atomic E-state index is 0.0568. The zero-order valence-corrected chi connectivity index (χ0v) is 13.4. The van der Waals surface area contributed by atoms with Crippen LogP contribution in [0.2, 0.25) is 0 Å². The quantitative estimate of drug-likeness (QED) is 0.898. The molecule has 1 aromatic rings. The molecule has 4 heteroatoms. The van der Waals surface area contributed by atoms with Crippen molar-refractivity contribution < 1.29 is 9.47 Å². The molecule has 3 nitrogen and oxygen atoms in total. The number of hydrogen-bond acceptors (Lipinski definition) is 3. The molecule has 1 aliphatic rings. The van der Waals surface area contributed by atoms with E-state index in [-0.39, 0.29) is 11.5 Å². The number of ether oxygens (including phenoxy) is 2. The molecule has 1 aliphatic carbocycles. The number of benzene rings is 1. The van der Waals surface area contributed by atoms with E-state index in [4.69, 9.17) is 15.2 Å². The molecule has 2 rings (SSSR count). The monoisotopic (exact) mass is 327 g/mol. The van der Waals surface area contributed by atoms with Crippen molar-refractivity contribution >= 4 is 15.9 Å². The maximum atomic E-state index is 6.03. The molecule has 106 valence electrons. The van der Waals surface area contributed by atoms with Crippen LogP contribution in [-0.2, 0) is 5.41 Å². The fourth-order valence-electron chi connectivity index (χ4n) is 2.66. The first-order chi connectivity index (χ1) is 9.02. The third-order valence-corrected chi connectivity index (χ3v) is 4.32. The molecule has 0 atom stereocenters. The maximum absolute atomic E-state index is 6.03. The molecule has 0 bridgehead atoms. The van der Waals surface area contributed by atoms with Gasteiger partial charge >= 0.3 is 0 Å². The average Bonchev–Trinajstić information content (AvgIpc) is 2.30. The highest BCUT2D eigenvalue weighted by Gasteiger charge is 2.40. The van der Waals surface area contributed by atoms with Crippen molar-refractivity contribution in [2.24, 2.45) is 5.73 Å². The SMILES string of the molecule is COc1cc(Br)cc(C2(CN)CCC2)c1OC(C)C.